The van der Waals surface area contributed by atoms with Crippen LogP contribution in [0.3, 0.4) is 0 Å². The summed E-state index contributed by atoms with van der Waals surface area (Å²) in [5.74, 6) is -0.863. The van der Waals surface area contributed by atoms with Gasteiger partial charge in [0.25, 0.3) is 5.91 Å². The lowest BCUT2D eigenvalue weighted by Crippen LogP contribution is -2.33. The molecule has 0 spiro atoms. The van der Waals surface area contributed by atoms with Crippen molar-refractivity contribution in [3.8, 4) is 0 Å². The molecule has 0 bridgehead atoms. The molecule has 3 rings (SSSR count). The largest absolute Gasteiger partial charge is 0.352 e. The van der Waals surface area contributed by atoms with Gasteiger partial charge in [-0.1, -0.05) is 66.2 Å². The van der Waals surface area contributed by atoms with Crippen LogP contribution in [0.4, 0.5) is 4.39 Å². The second-order valence-corrected chi connectivity index (χ2v) is 7.39. The number of hydrogen-bond acceptors (Lipinski definition) is 2. The van der Waals surface area contributed by atoms with Crippen LogP contribution in [0.25, 0.3) is 0 Å². The monoisotopic (exact) mass is 424 g/mol. The predicted octanol–water partition coefficient (Wildman–Crippen LogP) is 4.97. The molecule has 0 heterocycles. The van der Waals surface area contributed by atoms with E-state index in [-0.39, 0.29) is 30.6 Å². The van der Waals surface area contributed by atoms with E-state index in [4.69, 9.17) is 11.6 Å². The summed E-state index contributed by atoms with van der Waals surface area (Å²) < 4.78 is 13.4. The number of rotatable bonds is 7. The maximum atomic E-state index is 13.4. The highest BCUT2D eigenvalue weighted by Gasteiger charge is 2.20. The van der Waals surface area contributed by atoms with E-state index in [1.807, 2.05) is 30.3 Å². The molecular formula is C24H22ClFN2O2. The van der Waals surface area contributed by atoms with Crippen LogP contribution >= 0.6 is 11.6 Å². The van der Waals surface area contributed by atoms with Crippen molar-refractivity contribution in [1.29, 1.82) is 0 Å². The first kappa shape index (κ1) is 21.5. The van der Waals surface area contributed by atoms with Crippen molar-refractivity contribution in [1.82, 2.24) is 10.6 Å². The number of aryl methyl sites for hydroxylation is 1. The van der Waals surface area contributed by atoms with Gasteiger partial charge in [0.15, 0.2) is 0 Å². The number of carbonyl (C=O) groups excluding carboxylic acids is 2. The molecule has 3 aromatic rings. The Morgan fingerprint density at radius 1 is 1.00 bits per heavy atom. The molecule has 0 saturated heterocycles. The Bertz CT molecular complexity index is 1040. The fourth-order valence-corrected chi connectivity index (χ4v) is 3.32. The molecule has 154 valence electrons. The van der Waals surface area contributed by atoms with Crippen LogP contribution in [-0.4, -0.2) is 11.8 Å². The first-order valence-corrected chi connectivity index (χ1v) is 9.94. The second-order valence-electron chi connectivity index (χ2n) is 6.98. The van der Waals surface area contributed by atoms with Crippen LogP contribution in [0.5, 0.6) is 0 Å². The van der Waals surface area contributed by atoms with Gasteiger partial charge in [0.05, 0.1) is 23.0 Å². The number of halogens is 2. The molecule has 0 aliphatic heterocycles. The van der Waals surface area contributed by atoms with Gasteiger partial charge >= 0.3 is 0 Å². The number of carbonyl (C=O) groups is 2. The highest BCUT2D eigenvalue weighted by atomic mass is 35.5. The summed E-state index contributed by atoms with van der Waals surface area (Å²) in [6, 6.07) is 20.2. The molecule has 0 saturated carbocycles. The molecule has 2 N–H and O–H groups in total. The van der Waals surface area contributed by atoms with E-state index in [2.05, 4.69) is 10.6 Å². The summed E-state index contributed by atoms with van der Waals surface area (Å²) in [6.45, 7) is 1.95. The van der Waals surface area contributed by atoms with Crippen molar-refractivity contribution in [3.05, 3.63) is 106 Å². The Hall–Kier alpha value is -3.18. The first-order chi connectivity index (χ1) is 14.4. The lowest BCUT2D eigenvalue weighted by atomic mass is 10.0. The van der Waals surface area contributed by atoms with E-state index < -0.39 is 6.04 Å². The molecule has 3 aromatic carbocycles. The van der Waals surface area contributed by atoms with Crippen molar-refractivity contribution in [2.75, 3.05) is 0 Å². The number of hydrogen-bond donors (Lipinski definition) is 2. The van der Waals surface area contributed by atoms with Crippen molar-refractivity contribution in [2.45, 2.75) is 25.9 Å². The Morgan fingerprint density at radius 2 is 1.70 bits per heavy atom. The molecule has 4 nitrogen and oxygen atoms in total. The highest BCUT2D eigenvalue weighted by Crippen LogP contribution is 2.20. The Balaban J connectivity index is 1.69. The molecule has 0 fully saturated rings. The standard InChI is InChI=1S/C24H22ClFN2O2/c1-16-13-17(11-12-21(16)26)15-27-23(29)14-22(18-7-3-2-4-8-18)28-24(30)19-9-5-6-10-20(19)25/h2-13,22H,14-15H2,1H3,(H,27,29)(H,28,30). The smallest absolute Gasteiger partial charge is 0.253 e. The van der Waals surface area contributed by atoms with E-state index in [0.29, 0.717) is 16.1 Å². The lowest BCUT2D eigenvalue weighted by Gasteiger charge is -2.19. The number of amides is 2. The van der Waals surface area contributed by atoms with Crippen LogP contribution in [0, 0.1) is 12.7 Å². The maximum absolute atomic E-state index is 13.4. The zero-order chi connectivity index (χ0) is 21.5. The molecular weight excluding hydrogens is 403 g/mol. The van der Waals surface area contributed by atoms with Gasteiger partial charge in [-0.25, -0.2) is 4.39 Å². The fourth-order valence-electron chi connectivity index (χ4n) is 3.09. The van der Waals surface area contributed by atoms with Gasteiger partial charge < -0.3 is 10.6 Å². The third kappa shape index (κ3) is 5.67. The van der Waals surface area contributed by atoms with Crippen LogP contribution in [0.2, 0.25) is 5.02 Å². The molecule has 0 aliphatic rings. The Morgan fingerprint density at radius 3 is 2.40 bits per heavy atom. The lowest BCUT2D eigenvalue weighted by molar-refractivity contribution is -0.121. The second kappa shape index (κ2) is 10.0. The van der Waals surface area contributed by atoms with Crippen molar-refractivity contribution >= 4 is 23.4 Å². The van der Waals surface area contributed by atoms with E-state index in [9.17, 15) is 14.0 Å². The normalized spacial score (nSPS) is 11.6. The highest BCUT2D eigenvalue weighted by molar-refractivity contribution is 6.33. The Labute approximate surface area is 180 Å². The minimum absolute atomic E-state index is 0.0559. The minimum Gasteiger partial charge on any atom is -0.352 e. The third-order valence-corrected chi connectivity index (χ3v) is 5.06. The summed E-state index contributed by atoms with van der Waals surface area (Å²) in [6.07, 6.45) is 0.0559. The van der Waals surface area contributed by atoms with Crippen LogP contribution < -0.4 is 10.6 Å². The molecule has 0 aromatic heterocycles. The van der Waals surface area contributed by atoms with Crippen LogP contribution in [-0.2, 0) is 11.3 Å². The Kier molecular flexibility index (Phi) is 7.20. The molecule has 1 atom stereocenters. The van der Waals surface area contributed by atoms with Gasteiger partial charge in [-0.15, -0.1) is 0 Å². The van der Waals surface area contributed by atoms with Crippen molar-refractivity contribution in [2.24, 2.45) is 0 Å². The topological polar surface area (TPSA) is 58.2 Å². The number of nitrogens with one attached hydrogen (secondary N) is 2. The van der Waals surface area contributed by atoms with Gasteiger partial charge in [-0.3, -0.25) is 9.59 Å². The fraction of sp³-hybridized carbons (Fsp3) is 0.167. The van der Waals surface area contributed by atoms with Crippen molar-refractivity contribution < 1.29 is 14.0 Å². The first-order valence-electron chi connectivity index (χ1n) is 9.56. The molecule has 0 aliphatic carbocycles. The third-order valence-electron chi connectivity index (χ3n) is 4.73. The van der Waals surface area contributed by atoms with Gasteiger partial charge in [-0.2, -0.15) is 0 Å². The zero-order valence-electron chi connectivity index (χ0n) is 16.5. The van der Waals surface area contributed by atoms with E-state index in [0.717, 1.165) is 11.1 Å². The van der Waals surface area contributed by atoms with Crippen molar-refractivity contribution in [3.63, 3.8) is 0 Å². The summed E-state index contributed by atoms with van der Waals surface area (Å²) in [7, 11) is 0. The summed E-state index contributed by atoms with van der Waals surface area (Å²) in [5.41, 5.74) is 2.49. The average molecular weight is 425 g/mol. The average Bonchev–Trinajstić information content (AvgIpc) is 2.75. The summed E-state index contributed by atoms with van der Waals surface area (Å²) in [4.78, 5) is 25.3. The van der Waals surface area contributed by atoms with E-state index in [1.54, 1.807) is 43.3 Å². The number of benzene rings is 3. The summed E-state index contributed by atoms with van der Waals surface area (Å²) in [5, 5.41) is 6.08. The van der Waals surface area contributed by atoms with Gasteiger partial charge in [0.1, 0.15) is 5.82 Å². The SMILES string of the molecule is Cc1cc(CNC(=O)CC(NC(=O)c2ccccc2Cl)c2ccccc2)ccc1F. The molecule has 30 heavy (non-hydrogen) atoms. The summed E-state index contributed by atoms with van der Waals surface area (Å²) >= 11 is 6.13. The van der Waals surface area contributed by atoms with Gasteiger partial charge in [0.2, 0.25) is 5.91 Å². The predicted molar refractivity (Wildman–Crippen MR) is 116 cm³/mol. The quantitative estimate of drug-likeness (QED) is 0.562. The molecule has 6 heteroatoms. The van der Waals surface area contributed by atoms with Gasteiger partial charge in [0, 0.05) is 6.54 Å². The maximum Gasteiger partial charge on any atom is 0.253 e. The van der Waals surface area contributed by atoms with Crippen LogP contribution in [0.1, 0.15) is 39.5 Å². The molecule has 2 amide bonds. The molecule has 0 radical (unpaired) electrons. The van der Waals surface area contributed by atoms with Crippen LogP contribution in [0.15, 0.2) is 72.8 Å². The van der Waals surface area contributed by atoms with Gasteiger partial charge in [-0.05, 0) is 41.8 Å². The van der Waals surface area contributed by atoms with E-state index >= 15 is 0 Å². The van der Waals surface area contributed by atoms with E-state index in [1.165, 1.54) is 6.07 Å². The molecule has 1 unspecified atom stereocenters. The minimum atomic E-state index is -0.523. The zero-order valence-corrected chi connectivity index (χ0v) is 17.2.